The van der Waals surface area contributed by atoms with Gasteiger partial charge in [0.15, 0.2) is 0 Å². The van der Waals surface area contributed by atoms with E-state index in [0.717, 1.165) is 27.1 Å². The van der Waals surface area contributed by atoms with Gasteiger partial charge in [-0.3, -0.25) is 0 Å². The summed E-state index contributed by atoms with van der Waals surface area (Å²) in [6.07, 6.45) is 1.48. The summed E-state index contributed by atoms with van der Waals surface area (Å²) in [5, 5.41) is 3.93. The number of aromatic nitrogens is 2. The largest absolute Gasteiger partial charge is 0.457 e. The average molecular weight is 742 g/mol. The highest BCUT2D eigenvalue weighted by Crippen LogP contribution is 2.38. The molecule has 2 amide bonds. The number of anilines is 2. The third-order valence-corrected chi connectivity index (χ3v) is 7.44. The number of halogens is 2. The number of amides is 2. The van der Waals surface area contributed by atoms with Gasteiger partial charge in [0.1, 0.15) is 44.5 Å². The Labute approximate surface area is 312 Å². The lowest BCUT2D eigenvalue weighted by atomic mass is 10.1. The van der Waals surface area contributed by atoms with Gasteiger partial charge in [-0.05, 0) is 77.9 Å². The Bertz CT molecular complexity index is 2210. The molecule has 0 radical (unpaired) electrons. The number of carbonyl (C=O) groups is 2. The second-order valence-corrected chi connectivity index (χ2v) is 14.2. The molecule has 0 unspecified atom stereocenters. The Morgan fingerprint density at radius 1 is 0.596 bits per heavy atom. The fourth-order valence-corrected chi connectivity index (χ4v) is 5.29. The van der Waals surface area contributed by atoms with Crippen LogP contribution < -0.4 is 20.1 Å². The third kappa shape index (κ3) is 9.80. The molecule has 0 saturated heterocycles. The van der Waals surface area contributed by atoms with Crippen molar-refractivity contribution in [3.05, 3.63) is 120 Å². The van der Waals surface area contributed by atoms with Gasteiger partial charge in [0.05, 0.1) is 5.69 Å². The number of carbonyl (C=O) groups excluding carboxylic acids is 2. The molecule has 12 heteroatoms. The van der Waals surface area contributed by atoms with E-state index in [-0.39, 0.29) is 0 Å². The van der Waals surface area contributed by atoms with Crippen molar-refractivity contribution >= 4 is 68.3 Å². The molecule has 52 heavy (non-hydrogen) atoms. The standard InChI is InChI=1S/C25H27ClN2O5.C15H11ClN2O/c1-24(2,3)32-22(29)28(23(30)33-25(4,5)6)19-11-12-20(18-10-8-7-9-17(18)19)31-16-13-14-27-21(26)15-16;16-15-9-10(7-8-18-15)19-14-6-5-13(17)11-3-1-2-4-12(11)14/h7-15H,1-6H3;1-9H,17H2. The zero-order chi connectivity index (χ0) is 37.6. The van der Waals surface area contributed by atoms with E-state index in [2.05, 4.69) is 9.97 Å². The molecule has 4 aromatic carbocycles. The molecule has 6 aromatic rings. The lowest BCUT2D eigenvalue weighted by Crippen LogP contribution is -2.43. The molecule has 2 aromatic heterocycles. The number of hydrogen-bond donors (Lipinski definition) is 1. The van der Waals surface area contributed by atoms with Crippen LogP contribution in [-0.2, 0) is 9.47 Å². The third-order valence-electron chi connectivity index (χ3n) is 7.02. The Morgan fingerprint density at radius 3 is 1.48 bits per heavy atom. The number of nitrogens with zero attached hydrogens (tertiary/aromatic N) is 3. The Balaban J connectivity index is 0.000000231. The normalized spacial score (nSPS) is 11.3. The van der Waals surface area contributed by atoms with Crippen molar-refractivity contribution < 1.29 is 28.5 Å². The van der Waals surface area contributed by atoms with Crippen molar-refractivity contribution in [3.8, 4) is 23.0 Å². The van der Waals surface area contributed by atoms with E-state index in [1.54, 1.807) is 102 Å². The van der Waals surface area contributed by atoms with Gasteiger partial charge in [-0.15, -0.1) is 0 Å². The van der Waals surface area contributed by atoms with E-state index >= 15 is 0 Å². The summed E-state index contributed by atoms with van der Waals surface area (Å²) >= 11 is 11.8. The van der Waals surface area contributed by atoms with Crippen LogP contribution in [0.3, 0.4) is 0 Å². The number of ether oxygens (including phenoxy) is 4. The summed E-state index contributed by atoms with van der Waals surface area (Å²) in [6.45, 7) is 10.4. The molecule has 0 aliphatic rings. The summed E-state index contributed by atoms with van der Waals surface area (Å²) in [6, 6.07) is 28.8. The SMILES string of the molecule is CC(C)(C)OC(=O)N(C(=O)OC(C)(C)C)c1ccc(Oc2ccnc(Cl)c2)c2ccccc12.Nc1ccc(Oc2ccnc(Cl)c2)c2ccccc12. The summed E-state index contributed by atoms with van der Waals surface area (Å²) in [7, 11) is 0. The van der Waals surface area contributed by atoms with Crippen LogP contribution in [-0.4, -0.2) is 33.4 Å². The molecule has 2 heterocycles. The number of imide groups is 1. The van der Waals surface area contributed by atoms with Gasteiger partial charge in [0.2, 0.25) is 0 Å². The highest BCUT2D eigenvalue weighted by molar-refractivity contribution is 6.29. The van der Waals surface area contributed by atoms with Crippen LogP contribution in [0.2, 0.25) is 10.3 Å². The van der Waals surface area contributed by atoms with E-state index in [9.17, 15) is 9.59 Å². The van der Waals surface area contributed by atoms with E-state index in [0.29, 0.717) is 44.0 Å². The zero-order valence-electron chi connectivity index (χ0n) is 29.5. The molecule has 0 bridgehead atoms. The average Bonchev–Trinajstić information content (AvgIpc) is 3.06. The predicted molar refractivity (Wildman–Crippen MR) is 206 cm³/mol. The van der Waals surface area contributed by atoms with Crippen LogP contribution in [0.1, 0.15) is 41.5 Å². The number of benzene rings is 4. The smallest absolute Gasteiger partial charge is 0.424 e. The first-order chi connectivity index (χ1) is 24.6. The molecule has 0 spiro atoms. The predicted octanol–water partition coefficient (Wildman–Crippen LogP) is 11.6. The quantitative estimate of drug-likeness (QED) is 0.136. The first kappa shape index (κ1) is 37.7. The molecule has 0 aliphatic heterocycles. The second-order valence-electron chi connectivity index (χ2n) is 13.5. The highest BCUT2D eigenvalue weighted by Gasteiger charge is 2.34. The summed E-state index contributed by atoms with van der Waals surface area (Å²) in [5.74, 6) is 2.41. The first-order valence-electron chi connectivity index (χ1n) is 16.2. The number of nitrogen functional groups attached to an aromatic ring is 1. The molecule has 6 rings (SSSR count). The lowest BCUT2D eigenvalue weighted by Gasteiger charge is -2.29. The van der Waals surface area contributed by atoms with Crippen LogP contribution in [0, 0.1) is 0 Å². The molecule has 0 aliphatic carbocycles. The fraction of sp³-hybridized carbons (Fsp3) is 0.200. The maximum atomic E-state index is 13.1. The van der Waals surface area contributed by atoms with Gasteiger partial charge in [-0.2, -0.15) is 4.90 Å². The van der Waals surface area contributed by atoms with Gasteiger partial charge < -0.3 is 24.7 Å². The van der Waals surface area contributed by atoms with Crippen LogP contribution in [0.15, 0.2) is 109 Å². The van der Waals surface area contributed by atoms with Crippen LogP contribution >= 0.6 is 23.2 Å². The molecular formula is C40H38Cl2N4O6. The lowest BCUT2D eigenvalue weighted by molar-refractivity contribution is 0.0431. The maximum absolute atomic E-state index is 13.1. The summed E-state index contributed by atoms with van der Waals surface area (Å²) in [4.78, 5) is 35.0. The number of fused-ring (bicyclic) bond motifs is 2. The second kappa shape index (κ2) is 15.8. The van der Waals surface area contributed by atoms with Crippen molar-refractivity contribution in [2.75, 3.05) is 10.6 Å². The van der Waals surface area contributed by atoms with E-state index in [1.165, 1.54) is 0 Å². The van der Waals surface area contributed by atoms with E-state index in [1.807, 2.05) is 48.5 Å². The highest BCUT2D eigenvalue weighted by atomic mass is 35.5. The van der Waals surface area contributed by atoms with Crippen molar-refractivity contribution in [3.63, 3.8) is 0 Å². The Kier molecular flexibility index (Phi) is 11.4. The van der Waals surface area contributed by atoms with E-state index in [4.69, 9.17) is 47.9 Å². The van der Waals surface area contributed by atoms with Crippen LogP contribution in [0.4, 0.5) is 21.0 Å². The minimum Gasteiger partial charge on any atom is -0.457 e. The van der Waals surface area contributed by atoms with Gasteiger partial charge in [0, 0.05) is 51.8 Å². The monoisotopic (exact) mass is 740 g/mol. The molecule has 10 nitrogen and oxygen atoms in total. The maximum Gasteiger partial charge on any atom is 0.424 e. The van der Waals surface area contributed by atoms with Gasteiger partial charge >= 0.3 is 12.2 Å². The molecule has 0 atom stereocenters. The van der Waals surface area contributed by atoms with Gasteiger partial charge in [0.25, 0.3) is 0 Å². The molecule has 268 valence electrons. The van der Waals surface area contributed by atoms with Crippen molar-refractivity contribution in [2.45, 2.75) is 52.7 Å². The Hall–Kier alpha value is -5.58. The topological polar surface area (TPSA) is 126 Å². The zero-order valence-corrected chi connectivity index (χ0v) is 31.0. The first-order valence-corrected chi connectivity index (χ1v) is 17.0. The summed E-state index contributed by atoms with van der Waals surface area (Å²) < 4.78 is 22.9. The fourth-order valence-electron chi connectivity index (χ4n) is 4.96. The van der Waals surface area contributed by atoms with Crippen molar-refractivity contribution in [2.24, 2.45) is 0 Å². The Morgan fingerprint density at radius 2 is 1.02 bits per heavy atom. The number of pyridine rings is 2. The minimum atomic E-state index is -0.837. The van der Waals surface area contributed by atoms with E-state index < -0.39 is 23.4 Å². The van der Waals surface area contributed by atoms with Crippen LogP contribution in [0.25, 0.3) is 21.5 Å². The molecule has 0 saturated carbocycles. The number of rotatable bonds is 5. The van der Waals surface area contributed by atoms with Crippen molar-refractivity contribution in [1.29, 1.82) is 0 Å². The van der Waals surface area contributed by atoms with Crippen LogP contribution in [0.5, 0.6) is 23.0 Å². The summed E-state index contributed by atoms with van der Waals surface area (Å²) in [5.41, 5.74) is 5.38. The van der Waals surface area contributed by atoms with Crippen molar-refractivity contribution in [1.82, 2.24) is 9.97 Å². The van der Waals surface area contributed by atoms with Gasteiger partial charge in [-0.1, -0.05) is 71.7 Å². The number of hydrogen-bond acceptors (Lipinski definition) is 9. The van der Waals surface area contributed by atoms with Gasteiger partial charge in [-0.25, -0.2) is 19.6 Å². The molecule has 0 fully saturated rings. The molecular weight excluding hydrogens is 703 g/mol. The molecule has 2 N–H and O–H groups in total. The minimum absolute atomic E-state index is 0.300. The number of nitrogens with two attached hydrogens (primary N) is 1.